The molecule has 7 nitrogen and oxygen atoms in total. The summed E-state index contributed by atoms with van der Waals surface area (Å²) in [4.78, 5) is 30.6. The summed E-state index contributed by atoms with van der Waals surface area (Å²) in [5.41, 5.74) is 3.74. The Morgan fingerprint density at radius 1 is 1.07 bits per heavy atom. The number of anilines is 1. The van der Waals surface area contributed by atoms with Gasteiger partial charge in [-0.3, -0.25) is 9.78 Å². The van der Waals surface area contributed by atoms with E-state index in [1.165, 1.54) is 0 Å². The molecule has 1 fully saturated rings. The first-order valence-corrected chi connectivity index (χ1v) is 9.30. The van der Waals surface area contributed by atoms with E-state index in [1.807, 2.05) is 54.5 Å². The van der Waals surface area contributed by atoms with E-state index in [0.29, 0.717) is 13.1 Å². The lowest BCUT2D eigenvalue weighted by Crippen LogP contribution is -2.50. The summed E-state index contributed by atoms with van der Waals surface area (Å²) in [6, 6.07) is 7.63. The van der Waals surface area contributed by atoms with E-state index in [0.717, 1.165) is 41.3 Å². The molecule has 1 aliphatic rings. The number of amides is 1. The number of carbonyl (C=O) groups is 1. The number of aromatic nitrogens is 4. The standard InChI is InChI=1S/C20H24N6O/c1-14-12-21-15(2)19(23-14)24-8-10-25(11-9-24)20(27)16(3)26-13-22-17-6-4-5-7-18(17)26/h4-7,12-13,16H,8-11H2,1-3H3/t16-/m0/s1. The molecular weight excluding hydrogens is 340 g/mol. The molecule has 27 heavy (non-hydrogen) atoms. The van der Waals surface area contributed by atoms with Gasteiger partial charge in [0.05, 0.1) is 28.7 Å². The minimum Gasteiger partial charge on any atom is -0.352 e. The van der Waals surface area contributed by atoms with Gasteiger partial charge in [0.2, 0.25) is 5.91 Å². The number of imidazole rings is 1. The van der Waals surface area contributed by atoms with Crippen LogP contribution in [0.1, 0.15) is 24.4 Å². The first-order chi connectivity index (χ1) is 13.0. The zero-order valence-corrected chi connectivity index (χ0v) is 16.0. The lowest BCUT2D eigenvalue weighted by atomic mass is 10.2. The summed E-state index contributed by atoms with van der Waals surface area (Å²) < 4.78 is 1.96. The van der Waals surface area contributed by atoms with E-state index in [4.69, 9.17) is 0 Å². The van der Waals surface area contributed by atoms with Crippen LogP contribution in [0.4, 0.5) is 5.82 Å². The van der Waals surface area contributed by atoms with Crippen LogP contribution in [0.25, 0.3) is 11.0 Å². The molecule has 2 aromatic heterocycles. The molecule has 4 rings (SSSR count). The fraction of sp³-hybridized carbons (Fsp3) is 0.400. The van der Waals surface area contributed by atoms with Crippen molar-refractivity contribution in [2.24, 2.45) is 0 Å². The SMILES string of the molecule is Cc1cnc(C)c(N2CCN(C(=O)[C@H](C)n3cnc4ccccc43)CC2)n1. The second-order valence-corrected chi connectivity index (χ2v) is 7.05. The normalized spacial score (nSPS) is 16.0. The van der Waals surface area contributed by atoms with Crippen molar-refractivity contribution in [2.75, 3.05) is 31.1 Å². The van der Waals surface area contributed by atoms with Crippen LogP contribution < -0.4 is 4.90 Å². The summed E-state index contributed by atoms with van der Waals surface area (Å²) in [5, 5.41) is 0. The van der Waals surface area contributed by atoms with Crippen LogP contribution in [-0.4, -0.2) is 56.5 Å². The molecule has 0 spiro atoms. The van der Waals surface area contributed by atoms with Crippen LogP contribution in [0, 0.1) is 13.8 Å². The fourth-order valence-electron chi connectivity index (χ4n) is 3.63. The fourth-order valence-corrected chi connectivity index (χ4v) is 3.63. The number of aryl methyl sites for hydroxylation is 2. The maximum Gasteiger partial charge on any atom is 0.245 e. The van der Waals surface area contributed by atoms with E-state index >= 15 is 0 Å². The zero-order valence-electron chi connectivity index (χ0n) is 16.0. The lowest BCUT2D eigenvalue weighted by Gasteiger charge is -2.37. The summed E-state index contributed by atoms with van der Waals surface area (Å²) in [6.45, 7) is 8.78. The second-order valence-electron chi connectivity index (χ2n) is 7.05. The summed E-state index contributed by atoms with van der Waals surface area (Å²) in [7, 11) is 0. The molecule has 0 N–H and O–H groups in total. The van der Waals surface area contributed by atoms with Gasteiger partial charge in [0.15, 0.2) is 0 Å². The maximum atomic E-state index is 13.0. The molecule has 3 heterocycles. The quantitative estimate of drug-likeness (QED) is 0.714. The smallest absolute Gasteiger partial charge is 0.245 e. The highest BCUT2D eigenvalue weighted by Crippen LogP contribution is 2.21. The Hall–Kier alpha value is -2.96. The first-order valence-electron chi connectivity index (χ1n) is 9.30. The molecule has 0 aliphatic carbocycles. The van der Waals surface area contributed by atoms with Crippen molar-refractivity contribution in [1.82, 2.24) is 24.4 Å². The molecule has 140 valence electrons. The third kappa shape index (κ3) is 3.25. The van der Waals surface area contributed by atoms with Gasteiger partial charge in [0.25, 0.3) is 0 Å². The number of fused-ring (bicyclic) bond motifs is 1. The van der Waals surface area contributed by atoms with E-state index < -0.39 is 0 Å². The second kappa shape index (κ2) is 6.98. The minimum absolute atomic E-state index is 0.129. The van der Waals surface area contributed by atoms with Gasteiger partial charge in [-0.25, -0.2) is 9.97 Å². The van der Waals surface area contributed by atoms with E-state index in [1.54, 1.807) is 12.5 Å². The highest BCUT2D eigenvalue weighted by atomic mass is 16.2. The van der Waals surface area contributed by atoms with Gasteiger partial charge in [0.1, 0.15) is 11.9 Å². The van der Waals surface area contributed by atoms with Gasteiger partial charge in [0, 0.05) is 32.4 Å². The van der Waals surface area contributed by atoms with Crippen molar-refractivity contribution in [3.8, 4) is 0 Å². The van der Waals surface area contributed by atoms with Crippen LogP contribution in [0.5, 0.6) is 0 Å². The lowest BCUT2D eigenvalue weighted by molar-refractivity contribution is -0.134. The Labute approximate surface area is 158 Å². The Kier molecular flexibility index (Phi) is 4.51. The first kappa shape index (κ1) is 17.5. The molecule has 1 aliphatic heterocycles. The molecule has 0 saturated carbocycles. The highest BCUT2D eigenvalue weighted by molar-refractivity contribution is 5.83. The molecule has 0 bridgehead atoms. The highest BCUT2D eigenvalue weighted by Gasteiger charge is 2.27. The van der Waals surface area contributed by atoms with Crippen molar-refractivity contribution in [3.63, 3.8) is 0 Å². The van der Waals surface area contributed by atoms with Gasteiger partial charge >= 0.3 is 0 Å². The van der Waals surface area contributed by atoms with Crippen molar-refractivity contribution in [1.29, 1.82) is 0 Å². The summed E-state index contributed by atoms with van der Waals surface area (Å²) in [5.74, 6) is 1.06. The predicted molar refractivity (Wildman–Crippen MR) is 105 cm³/mol. The number of hydrogen-bond acceptors (Lipinski definition) is 5. The Balaban J connectivity index is 1.46. The Bertz CT molecular complexity index is 974. The van der Waals surface area contributed by atoms with E-state index in [-0.39, 0.29) is 11.9 Å². The third-order valence-corrected chi connectivity index (χ3v) is 5.20. The summed E-state index contributed by atoms with van der Waals surface area (Å²) >= 11 is 0. The van der Waals surface area contributed by atoms with E-state index in [2.05, 4.69) is 19.9 Å². The average Bonchev–Trinajstić information content (AvgIpc) is 3.13. The molecular formula is C20H24N6O. The topological polar surface area (TPSA) is 67.2 Å². The van der Waals surface area contributed by atoms with Crippen molar-refractivity contribution in [3.05, 3.63) is 48.2 Å². The number of piperazine rings is 1. The molecule has 1 aromatic carbocycles. The van der Waals surface area contributed by atoms with Gasteiger partial charge in [-0.05, 0) is 32.9 Å². The molecule has 0 radical (unpaired) electrons. The predicted octanol–water partition coefficient (Wildman–Crippen LogP) is 2.35. The number of para-hydroxylation sites is 2. The molecule has 1 atom stereocenters. The van der Waals surface area contributed by atoms with Crippen LogP contribution in [0.2, 0.25) is 0 Å². The molecule has 3 aromatic rings. The molecule has 0 unspecified atom stereocenters. The minimum atomic E-state index is -0.274. The number of rotatable bonds is 3. The van der Waals surface area contributed by atoms with Gasteiger partial charge in [-0.2, -0.15) is 0 Å². The Morgan fingerprint density at radius 2 is 1.81 bits per heavy atom. The molecule has 7 heteroatoms. The average molecular weight is 364 g/mol. The van der Waals surface area contributed by atoms with Crippen LogP contribution in [-0.2, 0) is 4.79 Å². The third-order valence-electron chi connectivity index (χ3n) is 5.20. The zero-order chi connectivity index (χ0) is 19.0. The van der Waals surface area contributed by atoms with Crippen LogP contribution in [0.3, 0.4) is 0 Å². The van der Waals surface area contributed by atoms with Crippen molar-refractivity contribution < 1.29 is 4.79 Å². The number of carbonyl (C=O) groups excluding carboxylic acids is 1. The number of hydrogen-bond donors (Lipinski definition) is 0. The van der Waals surface area contributed by atoms with Crippen molar-refractivity contribution in [2.45, 2.75) is 26.8 Å². The summed E-state index contributed by atoms with van der Waals surface area (Å²) in [6.07, 6.45) is 3.55. The number of nitrogens with zero attached hydrogens (tertiary/aromatic N) is 6. The van der Waals surface area contributed by atoms with Crippen LogP contribution >= 0.6 is 0 Å². The maximum absolute atomic E-state index is 13.0. The van der Waals surface area contributed by atoms with Gasteiger partial charge in [-0.1, -0.05) is 12.1 Å². The van der Waals surface area contributed by atoms with Crippen molar-refractivity contribution >= 4 is 22.8 Å². The monoisotopic (exact) mass is 364 g/mol. The van der Waals surface area contributed by atoms with Crippen LogP contribution in [0.15, 0.2) is 36.8 Å². The Morgan fingerprint density at radius 3 is 2.59 bits per heavy atom. The molecule has 1 saturated heterocycles. The molecule has 1 amide bonds. The largest absolute Gasteiger partial charge is 0.352 e. The van der Waals surface area contributed by atoms with Gasteiger partial charge < -0.3 is 14.4 Å². The number of benzene rings is 1. The van der Waals surface area contributed by atoms with E-state index in [9.17, 15) is 4.79 Å². The van der Waals surface area contributed by atoms with Gasteiger partial charge in [-0.15, -0.1) is 0 Å².